The fourth-order valence-corrected chi connectivity index (χ4v) is 0.392. The van der Waals surface area contributed by atoms with Crippen LogP contribution in [-0.4, -0.2) is 23.2 Å². The quantitative estimate of drug-likeness (QED) is 0.411. The van der Waals surface area contributed by atoms with E-state index in [0.29, 0.717) is 0 Å². The Kier molecular flexibility index (Phi) is 3.37. The molecule has 0 radical (unpaired) electrons. The molecule has 0 bridgehead atoms. The SMILES string of the molecule is C[C@H](N)C(=O)CC(N)O. The van der Waals surface area contributed by atoms with Gasteiger partial charge in [0.05, 0.1) is 6.04 Å². The van der Waals surface area contributed by atoms with E-state index in [2.05, 4.69) is 0 Å². The summed E-state index contributed by atoms with van der Waals surface area (Å²) in [4.78, 5) is 10.6. The van der Waals surface area contributed by atoms with Crippen LogP contribution in [0.5, 0.6) is 0 Å². The molecule has 4 heteroatoms. The van der Waals surface area contributed by atoms with E-state index < -0.39 is 12.3 Å². The third-order valence-corrected chi connectivity index (χ3v) is 0.918. The van der Waals surface area contributed by atoms with Gasteiger partial charge in [0, 0.05) is 6.42 Å². The Balaban J connectivity index is 3.51. The first kappa shape index (κ1) is 8.55. The first-order valence-corrected chi connectivity index (χ1v) is 2.76. The molecule has 0 heterocycles. The van der Waals surface area contributed by atoms with Crippen molar-refractivity contribution in [2.75, 3.05) is 0 Å². The highest BCUT2D eigenvalue weighted by Gasteiger charge is 2.09. The number of hydrogen-bond donors (Lipinski definition) is 3. The average molecular weight is 132 g/mol. The fraction of sp³-hybridized carbons (Fsp3) is 0.800. The number of rotatable bonds is 3. The Morgan fingerprint density at radius 3 is 2.22 bits per heavy atom. The van der Waals surface area contributed by atoms with Crippen molar-refractivity contribution in [3.05, 3.63) is 0 Å². The summed E-state index contributed by atoms with van der Waals surface area (Å²) in [6.45, 7) is 1.56. The molecule has 0 saturated carbocycles. The molecule has 4 nitrogen and oxygen atoms in total. The predicted octanol–water partition coefficient (Wildman–Crippen LogP) is -1.43. The molecule has 0 aromatic carbocycles. The van der Waals surface area contributed by atoms with Crippen molar-refractivity contribution in [1.82, 2.24) is 0 Å². The van der Waals surface area contributed by atoms with Gasteiger partial charge in [-0.1, -0.05) is 0 Å². The molecule has 2 atom stereocenters. The maximum atomic E-state index is 10.6. The number of Topliss-reactive ketones (excluding diaryl/α,β-unsaturated/α-hetero) is 1. The van der Waals surface area contributed by atoms with Crippen molar-refractivity contribution in [3.8, 4) is 0 Å². The lowest BCUT2D eigenvalue weighted by Crippen LogP contribution is -2.32. The number of ketones is 1. The Labute approximate surface area is 53.8 Å². The van der Waals surface area contributed by atoms with Gasteiger partial charge >= 0.3 is 0 Å². The van der Waals surface area contributed by atoms with Crippen molar-refractivity contribution in [2.45, 2.75) is 25.6 Å². The lowest BCUT2D eigenvalue weighted by Gasteiger charge is -2.04. The molecule has 54 valence electrons. The van der Waals surface area contributed by atoms with Crippen LogP contribution >= 0.6 is 0 Å². The highest BCUT2D eigenvalue weighted by atomic mass is 16.3. The van der Waals surface area contributed by atoms with Crippen LogP contribution in [0.4, 0.5) is 0 Å². The summed E-state index contributed by atoms with van der Waals surface area (Å²) < 4.78 is 0. The van der Waals surface area contributed by atoms with Gasteiger partial charge in [-0.3, -0.25) is 4.79 Å². The molecule has 0 aromatic heterocycles. The van der Waals surface area contributed by atoms with Gasteiger partial charge in [-0.2, -0.15) is 0 Å². The van der Waals surface area contributed by atoms with Crippen molar-refractivity contribution in [1.29, 1.82) is 0 Å². The third kappa shape index (κ3) is 4.08. The molecule has 0 aliphatic rings. The van der Waals surface area contributed by atoms with E-state index >= 15 is 0 Å². The summed E-state index contributed by atoms with van der Waals surface area (Å²) in [5.41, 5.74) is 10.1. The van der Waals surface area contributed by atoms with Crippen LogP contribution in [0.3, 0.4) is 0 Å². The van der Waals surface area contributed by atoms with E-state index in [4.69, 9.17) is 16.6 Å². The zero-order chi connectivity index (χ0) is 7.44. The molecule has 0 aromatic rings. The molecule has 1 unspecified atom stereocenters. The van der Waals surface area contributed by atoms with Gasteiger partial charge < -0.3 is 16.6 Å². The molecule has 5 N–H and O–H groups in total. The van der Waals surface area contributed by atoms with E-state index in [1.807, 2.05) is 0 Å². The van der Waals surface area contributed by atoms with Crippen LogP contribution in [0.1, 0.15) is 13.3 Å². The van der Waals surface area contributed by atoms with E-state index in [1.54, 1.807) is 6.92 Å². The van der Waals surface area contributed by atoms with Gasteiger partial charge in [-0.15, -0.1) is 0 Å². The number of aliphatic hydroxyl groups is 1. The third-order valence-electron chi connectivity index (χ3n) is 0.918. The number of carbonyl (C=O) groups is 1. The summed E-state index contributed by atoms with van der Waals surface area (Å²) in [6, 6.07) is -0.525. The minimum atomic E-state index is -1.07. The Hall–Kier alpha value is -0.450. The number of hydrogen-bond acceptors (Lipinski definition) is 4. The van der Waals surface area contributed by atoms with Gasteiger partial charge in [0.2, 0.25) is 0 Å². The standard InChI is InChI=1S/C5H12N2O2/c1-3(6)4(8)2-5(7)9/h3,5,9H,2,6-7H2,1H3/t3-,5?/m0/s1. The van der Waals surface area contributed by atoms with E-state index in [9.17, 15) is 4.79 Å². The molecule has 0 spiro atoms. The maximum absolute atomic E-state index is 10.6. The summed E-state index contributed by atoms with van der Waals surface area (Å²) in [6.07, 6.45) is -1.12. The van der Waals surface area contributed by atoms with Crippen LogP contribution in [0.15, 0.2) is 0 Å². The summed E-state index contributed by atoms with van der Waals surface area (Å²) in [5, 5.41) is 8.47. The van der Waals surface area contributed by atoms with Gasteiger partial charge in [-0.25, -0.2) is 0 Å². The molecule has 0 rings (SSSR count). The zero-order valence-electron chi connectivity index (χ0n) is 5.37. The Bertz CT molecular complexity index is 101. The average Bonchev–Trinajstić information content (AvgIpc) is 1.63. The molecule has 9 heavy (non-hydrogen) atoms. The highest BCUT2D eigenvalue weighted by molar-refractivity contribution is 5.83. The Morgan fingerprint density at radius 2 is 2.11 bits per heavy atom. The molecule has 0 aliphatic heterocycles. The monoisotopic (exact) mass is 132 g/mol. The van der Waals surface area contributed by atoms with E-state index in [-0.39, 0.29) is 12.2 Å². The largest absolute Gasteiger partial charge is 0.378 e. The second kappa shape index (κ2) is 3.55. The second-order valence-corrected chi connectivity index (χ2v) is 2.03. The van der Waals surface area contributed by atoms with Gasteiger partial charge in [-0.05, 0) is 6.92 Å². The molecular weight excluding hydrogens is 120 g/mol. The van der Waals surface area contributed by atoms with Crippen molar-refractivity contribution in [2.24, 2.45) is 11.5 Å². The summed E-state index contributed by atoms with van der Waals surface area (Å²) in [5.74, 6) is -0.218. The minimum absolute atomic E-state index is 0.0579. The zero-order valence-corrected chi connectivity index (χ0v) is 5.37. The molecule has 0 aliphatic carbocycles. The van der Waals surface area contributed by atoms with Crippen molar-refractivity contribution < 1.29 is 9.90 Å². The Morgan fingerprint density at radius 1 is 1.67 bits per heavy atom. The highest BCUT2D eigenvalue weighted by Crippen LogP contribution is 1.88. The second-order valence-electron chi connectivity index (χ2n) is 2.03. The first-order chi connectivity index (χ1) is 4.04. The van der Waals surface area contributed by atoms with Crippen LogP contribution < -0.4 is 11.5 Å². The minimum Gasteiger partial charge on any atom is -0.378 e. The van der Waals surface area contributed by atoms with Gasteiger partial charge in [0.1, 0.15) is 6.23 Å². The summed E-state index contributed by atoms with van der Waals surface area (Å²) >= 11 is 0. The molecule has 0 amide bonds. The number of aliphatic hydroxyl groups excluding tert-OH is 1. The number of nitrogens with two attached hydrogens (primary N) is 2. The van der Waals surface area contributed by atoms with Crippen LogP contribution in [0.25, 0.3) is 0 Å². The smallest absolute Gasteiger partial charge is 0.153 e. The lowest BCUT2D eigenvalue weighted by molar-refractivity contribution is -0.121. The first-order valence-electron chi connectivity index (χ1n) is 2.76. The molecule has 0 saturated heterocycles. The van der Waals surface area contributed by atoms with E-state index in [0.717, 1.165) is 0 Å². The summed E-state index contributed by atoms with van der Waals surface area (Å²) in [7, 11) is 0. The van der Waals surface area contributed by atoms with Crippen LogP contribution in [0.2, 0.25) is 0 Å². The van der Waals surface area contributed by atoms with Gasteiger partial charge in [0.25, 0.3) is 0 Å². The van der Waals surface area contributed by atoms with Crippen LogP contribution in [-0.2, 0) is 4.79 Å². The molecular formula is C5H12N2O2. The van der Waals surface area contributed by atoms with Crippen molar-refractivity contribution >= 4 is 5.78 Å². The van der Waals surface area contributed by atoms with Crippen molar-refractivity contribution in [3.63, 3.8) is 0 Å². The normalized spacial score (nSPS) is 16.9. The topological polar surface area (TPSA) is 89.3 Å². The fourth-order valence-electron chi connectivity index (χ4n) is 0.392. The number of carbonyl (C=O) groups excluding carboxylic acids is 1. The lowest BCUT2D eigenvalue weighted by atomic mass is 10.1. The van der Waals surface area contributed by atoms with E-state index in [1.165, 1.54) is 0 Å². The maximum Gasteiger partial charge on any atom is 0.153 e. The van der Waals surface area contributed by atoms with Crippen LogP contribution in [0, 0.1) is 0 Å². The predicted molar refractivity (Wildman–Crippen MR) is 33.5 cm³/mol. The van der Waals surface area contributed by atoms with Gasteiger partial charge in [0.15, 0.2) is 5.78 Å². The molecule has 0 fully saturated rings.